The summed E-state index contributed by atoms with van der Waals surface area (Å²) in [6.45, 7) is 1.25. The Bertz CT molecular complexity index is 915. The van der Waals surface area contributed by atoms with Crippen molar-refractivity contribution in [1.29, 1.82) is 0 Å². The molecule has 1 aromatic carbocycles. The lowest BCUT2D eigenvalue weighted by Crippen LogP contribution is -2.38. The molecule has 0 unspecified atom stereocenters. The third kappa shape index (κ3) is 3.57. The summed E-state index contributed by atoms with van der Waals surface area (Å²) in [6.07, 6.45) is 4.06. The first-order valence-corrected chi connectivity index (χ1v) is 9.74. The third-order valence-corrected chi connectivity index (χ3v) is 6.26. The number of carbonyl (C=O) groups is 3. The molecule has 2 aliphatic heterocycles. The number of nitrogens with one attached hydrogen (secondary N) is 1. The number of aromatic carboxylic acids is 1. The Labute approximate surface area is 160 Å². The molecule has 8 heteroatoms. The molecule has 2 N–H and O–H groups in total. The third-order valence-electron chi connectivity index (χ3n) is 5.11. The average Bonchev–Trinajstić information content (AvgIpc) is 3.18. The van der Waals surface area contributed by atoms with Crippen LogP contribution in [0.15, 0.2) is 24.4 Å². The number of anilines is 1. The number of likely N-dealkylation sites (tertiary alicyclic amines) is 1. The number of carbonyl (C=O) groups excluding carboxylic acids is 2. The number of thiazole rings is 1. The molecule has 0 atom stereocenters. The van der Waals surface area contributed by atoms with Crippen molar-refractivity contribution in [3.8, 4) is 0 Å². The number of fused-ring (bicyclic) bond motifs is 1. The van der Waals surface area contributed by atoms with Crippen LogP contribution in [0.25, 0.3) is 0 Å². The number of carboxylic acids is 1. The zero-order chi connectivity index (χ0) is 19.0. The lowest BCUT2D eigenvalue weighted by molar-refractivity contribution is -0.116. The van der Waals surface area contributed by atoms with Gasteiger partial charge in [-0.2, -0.15) is 0 Å². The predicted octanol–water partition coefficient (Wildman–Crippen LogP) is 2.75. The van der Waals surface area contributed by atoms with Gasteiger partial charge < -0.3 is 15.3 Å². The number of aryl methyl sites for hydroxylation is 1. The van der Waals surface area contributed by atoms with Gasteiger partial charge in [-0.3, -0.25) is 9.59 Å². The van der Waals surface area contributed by atoms with E-state index in [1.807, 2.05) is 11.0 Å². The molecule has 2 amide bonds. The van der Waals surface area contributed by atoms with Gasteiger partial charge in [-0.15, -0.1) is 11.3 Å². The lowest BCUT2D eigenvalue weighted by Gasteiger charge is -2.31. The molecule has 0 bridgehead atoms. The molecule has 140 valence electrons. The zero-order valence-electron chi connectivity index (χ0n) is 14.6. The standard InChI is InChI=1S/C19H19N3O4S/c23-16-4-2-12-9-13(1-3-14(12)21-16)18(24)22-7-5-11(6-8-22)17-20-10-15(27-17)19(25)26/h1,3,9-11H,2,4-8H2,(H,21,23)(H,25,26). The van der Waals surface area contributed by atoms with Gasteiger partial charge in [0.1, 0.15) is 4.88 Å². The minimum absolute atomic E-state index is 0.00138. The Kier molecular flexibility index (Phi) is 4.65. The molecule has 1 saturated heterocycles. The number of hydrogen-bond donors (Lipinski definition) is 2. The molecular weight excluding hydrogens is 366 g/mol. The monoisotopic (exact) mass is 385 g/mol. The summed E-state index contributed by atoms with van der Waals surface area (Å²) in [5, 5.41) is 12.7. The van der Waals surface area contributed by atoms with Crippen LogP contribution in [0, 0.1) is 0 Å². The van der Waals surface area contributed by atoms with Gasteiger partial charge in [-0.1, -0.05) is 0 Å². The minimum Gasteiger partial charge on any atom is -0.477 e. The molecule has 4 rings (SSSR count). The Morgan fingerprint density at radius 1 is 1.22 bits per heavy atom. The fourth-order valence-corrected chi connectivity index (χ4v) is 4.53. The van der Waals surface area contributed by atoms with Crippen LogP contribution in [0.1, 0.15) is 55.8 Å². The maximum Gasteiger partial charge on any atom is 0.347 e. The smallest absolute Gasteiger partial charge is 0.347 e. The highest BCUT2D eigenvalue weighted by Crippen LogP contribution is 2.32. The second kappa shape index (κ2) is 7.11. The molecule has 0 saturated carbocycles. The summed E-state index contributed by atoms with van der Waals surface area (Å²) in [7, 11) is 0. The predicted molar refractivity (Wildman–Crippen MR) is 100 cm³/mol. The number of amides is 2. The lowest BCUT2D eigenvalue weighted by atomic mass is 9.96. The molecular formula is C19H19N3O4S. The fraction of sp³-hybridized carbons (Fsp3) is 0.368. The average molecular weight is 385 g/mol. The molecule has 3 heterocycles. The van der Waals surface area contributed by atoms with Gasteiger partial charge in [0, 0.05) is 36.7 Å². The minimum atomic E-state index is -0.949. The molecule has 1 aromatic heterocycles. The maximum atomic E-state index is 12.8. The van der Waals surface area contributed by atoms with Crippen molar-refractivity contribution in [3.63, 3.8) is 0 Å². The second-order valence-corrected chi connectivity index (χ2v) is 7.92. The maximum absolute atomic E-state index is 12.8. The summed E-state index contributed by atoms with van der Waals surface area (Å²) in [5.41, 5.74) is 2.43. The Hall–Kier alpha value is -2.74. The van der Waals surface area contributed by atoms with Crippen molar-refractivity contribution in [1.82, 2.24) is 9.88 Å². The fourth-order valence-electron chi connectivity index (χ4n) is 3.60. The van der Waals surface area contributed by atoms with E-state index < -0.39 is 5.97 Å². The number of rotatable bonds is 3. The van der Waals surface area contributed by atoms with E-state index in [0.29, 0.717) is 31.5 Å². The quantitative estimate of drug-likeness (QED) is 0.846. The molecule has 7 nitrogen and oxygen atoms in total. The Morgan fingerprint density at radius 2 is 2.00 bits per heavy atom. The largest absolute Gasteiger partial charge is 0.477 e. The van der Waals surface area contributed by atoms with Gasteiger partial charge in [-0.05, 0) is 43.0 Å². The van der Waals surface area contributed by atoms with Gasteiger partial charge >= 0.3 is 5.97 Å². The van der Waals surface area contributed by atoms with Crippen molar-refractivity contribution in [2.24, 2.45) is 0 Å². The highest BCUT2D eigenvalue weighted by molar-refractivity contribution is 7.13. The molecule has 27 heavy (non-hydrogen) atoms. The van der Waals surface area contributed by atoms with Crippen molar-refractivity contribution < 1.29 is 19.5 Å². The van der Waals surface area contributed by atoms with Crippen molar-refractivity contribution in [3.05, 3.63) is 45.4 Å². The Balaban J connectivity index is 1.41. The molecule has 0 spiro atoms. The van der Waals surface area contributed by atoms with Gasteiger partial charge in [0.25, 0.3) is 5.91 Å². The van der Waals surface area contributed by atoms with Crippen LogP contribution in [0.2, 0.25) is 0 Å². The van der Waals surface area contributed by atoms with Crippen LogP contribution >= 0.6 is 11.3 Å². The van der Waals surface area contributed by atoms with Crippen LogP contribution in [0.4, 0.5) is 5.69 Å². The van der Waals surface area contributed by atoms with E-state index in [2.05, 4.69) is 10.3 Å². The highest BCUT2D eigenvalue weighted by atomic mass is 32.1. The number of benzene rings is 1. The van der Waals surface area contributed by atoms with Crippen LogP contribution in [-0.2, 0) is 11.2 Å². The van der Waals surface area contributed by atoms with E-state index in [-0.39, 0.29) is 22.6 Å². The highest BCUT2D eigenvalue weighted by Gasteiger charge is 2.27. The normalized spacial score (nSPS) is 17.3. The van der Waals surface area contributed by atoms with E-state index in [4.69, 9.17) is 5.11 Å². The summed E-state index contributed by atoms with van der Waals surface area (Å²) in [5.74, 6) is -0.740. The van der Waals surface area contributed by atoms with Gasteiger partial charge in [0.15, 0.2) is 0 Å². The first kappa shape index (κ1) is 17.7. The number of nitrogens with zero attached hydrogens (tertiary/aromatic N) is 2. The van der Waals surface area contributed by atoms with Crippen molar-refractivity contribution in [2.45, 2.75) is 31.6 Å². The summed E-state index contributed by atoms with van der Waals surface area (Å²) < 4.78 is 0. The molecule has 0 radical (unpaired) electrons. The number of carboxylic acid groups (broad SMARTS) is 1. The molecule has 2 aliphatic rings. The van der Waals surface area contributed by atoms with Crippen LogP contribution < -0.4 is 5.32 Å². The van der Waals surface area contributed by atoms with Crippen molar-refractivity contribution >= 4 is 34.8 Å². The van der Waals surface area contributed by atoms with E-state index in [1.165, 1.54) is 17.5 Å². The summed E-state index contributed by atoms with van der Waals surface area (Å²) in [6, 6.07) is 5.44. The van der Waals surface area contributed by atoms with Crippen molar-refractivity contribution in [2.75, 3.05) is 18.4 Å². The summed E-state index contributed by atoms with van der Waals surface area (Å²) in [4.78, 5) is 41.6. The zero-order valence-corrected chi connectivity index (χ0v) is 15.4. The second-order valence-electron chi connectivity index (χ2n) is 6.85. The molecule has 1 fully saturated rings. The van der Waals surface area contributed by atoms with E-state index in [9.17, 15) is 14.4 Å². The Morgan fingerprint density at radius 3 is 2.70 bits per heavy atom. The van der Waals surface area contributed by atoms with Gasteiger partial charge in [0.05, 0.1) is 11.2 Å². The first-order chi connectivity index (χ1) is 13.0. The van der Waals surface area contributed by atoms with Crippen LogP contribution in [0.5, 0.6) is 0 Å². The van der Waals surface area contributed by atoms with E-state index in [1.54, 1.807) is 12.1 Å². The van der Waals surface area contributed by atoms with Crippen LogP contribution in [0.3, 0.4) is 0 Å². The molecule has 0 aliphatic carbocycles. The SMILES string of the molecule is O=C1CCc2cc(C(=O)N3CCC(c4ncc(C(=O)O)s4)CC3)ccc2N1. The number of piperidine rings is 1. The molecule has 2 aromatic rings. The van der Waals surface area contributed by atoms with Gasteiger partial charge in [0.2, 0.25) is 5.91 Å². The number of hydrogen-bond acceptors (Lipinski definition) is 5. The topological polar surface area (TPSA) is 99.6 Å². The summed E-state index contributed by atoms with van der Waals surface area (Å²) >= 11 is 1.22. The van der Waals surface area contributed by atoms with Crippen LogP contribution in [-0.4, -0.2) is 45.9 Å². The van der Waals surface area contributed by atoms with E-state index in [0.717, 1.165) is 29.1 Å². The number of aromatic nitrogens is 1. The first-order valence-electron chi connectivity index (χ1n) is 8.92. The van der Waals surface area contributed by atoms with Gasteiger partial charge in [-0.25, -0.2) is 9.78 Å². The van der Waals surface area contributed by atoms with E-state index >= 15 is 0 Å².